The fourth-order valence-corrected chi connectivity index (χ4v) is 4.45. The first-order valence-electron chi connectivity index (χ1n) is 10.3. The van der Waals surface area contributed by atoms with Crippen LogP contribution in [0.1, 0.15) is 77.8 Å². The number of ether oxygens (including phenoxy) is 1. The molecule has 1 rings (SSSR count). The van der Waals surface area contributed by atoms with Crippen molar-refractivity contribution in [3.8, 4) is 5.75 Å². The summed E-state index contributed by atoms with van der Waals surface area (Å²) in [5.74, 6) is 0.178. The lowest BCUT2D eigenvalue weighted by molar-refractivity contribution is -0.135. The molecule has 0 fully saturated rings. The lowest BCUT2D eigenvalue weighted by Gasteiger charge is -2.22. The van der Waals surface area contributed by atoms with Gasteiger partial charge in [-0.15, -0.1) is 0 Å². The Kier molecular flexibility index (Phi) is 10.4. The zero-order chi connectivity index (χ0) is 21.2. The van der Waals surface area contributed by atoms with Gasteiger partial charge in [0.1, 0.15) is 5.75 Å². The molecule has 5 nitrogen and oxygen atoms in total. The van der Waals surface area contributed by atoms with Crippen LogP contribution < -0.4 is 4.74 Å². The molecule has 6 heteroatoms. The lowest BCUT2D eigenvalue weighted by atomic mass is 9.86. The molecule has 0 spiro atoms. The predicted molar refractivity (Wildman–Crippen MR) is 114 cm³/mol. The number of aryl methyl sites for hydroxylation is 1. The minimum Gasteiger partial charge on any atom is -0.426 e. The van der Waals surface area contributed by atoms with Crippen molar-refractivity contribution in [2.75, 3.05) is 19.4 Å². The van der Waals surface area contributed by atoms with Crippen molar-refractivity contribution in [1.82, 2.24) is 0 Å². The molecule has 0 aliphatic rings. The summed E-state index contributed by atoms with van der Waals surface area (Å²) >= 11 is 0. The van der Waals surface area contributed by atoms with Crippen LogP contribution in [0.3, 0.4) is 0 Å². The van der Waals surface area contributed by atoms with Crippen molar-refractivity contribution in [2.45, 2.75) is 79.1 Å². The van der Waals surface area contributed by atoms with Gasteiger partial charge in [0.25, 0.3) is 0 Å². The maximum absolute atomic E-state index is 12.8. The zero-order valence-electron chi connectivity index (χ0n) is 18.4. The molecule has 1 atom stereocenters. The van der Waals surface area contributed by atoms with Gasteiger partial charge in [-0.2, -0.15) is 0 Å². The largest absolute Gasteiger partial charge is 0.426 e. The second-order valence-corrected chi connectivity index (χ2v) is 10.4. The number of carbonyl (C=O) groups is 1. The minimum absolute atomic E-state index is 0.0304. The summed E-state index contributed by atoms with van der Waals surface area (Å²) in [6.45, 7) is 12.7. The van der Waals surface area contributed by atoms with E-state index in [2.05, 4.69) is 20.8 Å². The molecule has 1 unspecified atom stereocenters. The molecule has 0 N–H and O–H groups in total. The maximum Gasteiger partial charge on any atom is 0.330 e. The maximum atomic E-state index is 12.8. The van der Waals surface area contributed by atoms with Crippen LogP contribution in [0.2, 0.25) is 0 Å². The topological polar surface area (TPSA) is 61.8 Å². The number of carbonyl (C=O) groups excluding carboxylic acids is 1. The van der Waals surface area contributed by atoms with Crippen LogP contribution in [0.25, 0.3) is 0 Å². The molecule has 0 amide bonds. The summed E-state index contributed by atoms with van der Waals surface area (Å²) in [5, 5.41) is 0. The first-order chi connectivity index (χ1) is 13.1. The Balaban J connectivity index is 2.66. The van der Waals surface area contributed by atoms with E-state index in [-0.39, 0.29) is 18.4 Å². The summed E-state index contributed by atoms with van der Waals surface area (Å²) in [6.07, 6.45) is 3.90. The molecule has 0 heterocycles. The Morgan fingerprint density at radius 2 is 1.68 bits per heavy atom. The third kappa shape index (κ3) is 8.89. The highest BCUT2D eigenvalue weighted by Gasteiger charge is 2.25. The van der Waals surface area contributed by atoms with Gasteiger partial charge >= 0.3 is 13.6 Å². The van der Waals surface area contributed by atoms with Crippen LogP contribution in [0, 0.1) is 6.92 Å². The molecule has 1 aromatic rings. The van der Waals surface area contributed by atoms with E-state index in [1.54, 1.807) is 0 Å². The van der Waals surface area contributed by atoms with Crippen molar-refractivity contribution in [3.05, 3.63) is 29.3 Å². The molecule has 160 valence electrons. The van der Waals surface area contributed by atoms with Crippen LogP contribution >= 0.6 is 7.60 Å². The van der Waals surface area contributed by atoms with Crippen molar-refractivity contribution in [1.29, 1.82) is 0 Å². The van der Waals surface area contributed by atoms with Gasteiger partial charge in [-0.25, -0.2) is 0 Å². The minimum atomic E-state index is -3.16. The third-order valence-electron chi connectivity index (χ3n) is 4.33. The van der Waals surface area contributed by atoms with E-state index >= 15 is 0 Å². The average Bonchev–Trinajstić information content (AvgIpc) is 2.59. The Labute approximate surface area is 170 Å². The molecular weight excluding hydrogens is 375 g/mol. The Bertz CT molecular complexity index is 663. The van der Waals surface area contributed by atoms with Gasteiger partial charge < -0.3 is 13.8 Å². The van der Waals surface area contributed by atoms with Crippen LogP contribution in [0.15, 0.2) is 18.2 Å². The normalized spacial score (nSPS) is 13.9. The number of unbranched alkanes of at least 4 members (excludes halogenated alkanes) is 2. The van der Waals surface area contributed by atoms with Gasteiger partial charge in [-0.3, -0.25) is 9.36 Å². The summed E-state index contributed by atoms with van der Waals surface area (Å²) in [5.41, 5.74) is 1.87. The van der Waals surface area contributed by atoms with Crippen molar-refractivity contribution in [3.63, 3.8) is 0 Å². The highest BCUT2D eigenvalue weighted by atomic mass is 31.2. The molecule has 0 bridgehead atoms. The molecule has 0 aliphatic heterocycles. The van der Waals surface area contributed by atoms with E-state index in [0.717, 1.165) is 36.8 Å². The van der Waals surface area contributed by atoms with Crippen LogP contribution in [-0.4, -0.2) is 25.3 Å². The van der Waals surface area contributed by atoms with E-state index in [1.165, 1.54) is 0 Å². The second-order valence-electron chi connectivity index (χ2n) is 8.18. The summed E-state index contributed by atoms with van der Waals surface area (Å²) in [4.78, 5) is 12.3. The third-order valence-corrected chi connectivity index (χ3v) is 6.35. The van der Waals surface area contributed by atoms with Gasteiger partial charge in [-0.1, -0.05) is 59.6 Å². The highest BCUT2D eigenvalue weighted by Crippen LogP contribution is 2.49. The lowest BCUT2D eigenvalue weighted by Crippen LogP contribution is -2.17. The summed E-state index contributed by atoms with van der Waals surface area (Å²) in [6, 6.07) is 5.88. The number of rotatable bonds is 12. The van der Waals surface area contributed by atoms with Crippen molar-refractivity contribution >= 4 is 13.6 Å². The van der Waals surface area contributed by atoms with E-state index in [9.17, 15) is 9.36 Å². The second kappa shape index (κ2) is 11.7. The molecular formula is C22H37O5P. The number of hydrogen-bond donors (Lipinski definition) is 0. The van der Waals surface area contributed by atoms with Gasteiger partial charge in [-0.05, 0) is 36.8 Å². The summed E-state index contributed by atoms with van der Waals surface area (Å²) in [7, 11) is -3.16. The van der Waals surface area contributed by atoms with E-state index in [1.807, 2.05) is 39.0 Å². The standard InChI is InChI=1S/C22H37O5P/c1-7-9-14-25-28(24,16-10-8-2)26-15-13-21(23)27-20-17-18(3)11-12-19(20)22(4,5)6/h11-12,17H,7-10,13-16H2,1-6H3. The zero-order valence-corrected chi connectivity index (χ0v) is 19.3. The van der Waals surface area contributed by atoms with Gasteiger partial charge in [0.05, 0.1) is 25.8 Å². The van der Waals surface area contributed by atoms with E-state index in [4.69, 9.17) is 13.8 Å². The molecule has 0 aromatic heterocycles. The van der Waals surface area contributed by atoms with Gasteiger partial charge in [0, 0.05) is 5.56 Å². The van der Waals surface area contributed by atoms with Gasteiger partial charge in [0.2, 0.25) is 0 Å². The number of hydrogen-bond acceptors (Lipinski definition) is 5. The fourth-order valence-electron chi connectivity index (χ4n) is 2.64. The molecule has 0 saturated carbocycles. The fraction of sp³-hybridized carbons (Fsp3) is 0.682. The smallest absolute Gasteiger partial charge is 0.330 e. The van der Waals surface area contributed by atoms with E-state index in [0.29, 0.717) is 18.5 Å². The Morgan fingerprint density at radius 1 is 1.04 bits per heavy atom. The van der Waals surface area contributed by atoms with Gasteiger partial charge in [0.15, 0.2) is 0 Å². The number of esters is 1. The molecule has 0 saturated heterocycles. The van der Waals surface area contributed by atoms with Crippen LogP contribution in [0.5, 0.6) is 5.75 Å². The summed E-state index contributed by atoms with van der Waals surface area (Å²) < 4.78 is 29.5. The molecule has 0 radical (unpaired) electrons. The monoisotopic (exact) mass is 412 g/mol. The van der Waals surface area contributed by atoms with Crippen molar-refractivity contribution < 1.29 is 23.1 Å². The predicted octanol–water partition coefficient (Wildman–Crippen LogP) is 6.41. The molecule has 0 aliphatic carbocycles. The first kappa shape index (κ1) is 24.9. The first-order valence-corrected chi connectivity index (χ1v) is 12.0. The van der Waals surface area contributed by atoms with Crippen LogP contribution in [-0.2, 0) is 23.8 Å². The quantitative estimate of drug-likeness (QED) is 0.172. The van der Waals surface area contributed by atoms with Crippen molar-refractivity contribution in [2.24, 2.45) is 0 Å². The Hall–Kier alpha value is -1.16. The Morgan fingerprint density at radius 3 is 2.29 bits per heavy atom. The molecule has 28 heavy (non-hydrogen) atoms. The average molecular weight is 413 g/mol. The van der Waals surface area contributed by atoms with Crippen LogP contribution in [0.4, 0.5) is 0 Å². The SMILES string of the molecule is CCCCOP(=O)(CCCC)OCCC(=O)Oc1cc(C)ccc1C(C)(C)C. The molecule has 1 aromatic carbocycles. The highest BCUT2D eigenvalue weighted by molar-refractivity contribution is 7.53. The van der Waals surface area contributed by atoms with E-state index < -0.39 is 13.6 Å². The number of benzene rings is 1.